The minimum Gasteiger partial charge on any atom is -0.497 e. The van der Waals surface area contributed by atoms with Crippen LogP contribution in [0.2, 0.25) is 0 Å². The number of likely N-dealkylation sites (N-methyl/N-ethyl adjacent to an activating group) is 1. The molecule has 2 aliphatic rings. The number of hydrogen-bond donors (Lipinski definition) is 1. The minimum absolute atomic E-state index is 0.00343. The predicted molar refractivity (Wildman–Crippen MR) is 86.8 cm³/mol. The highest BCUT2D eigenvalue weighted by molar-refractivity contribution is 5.82. The molecule has 22 heavy (non-hydrogen) atoms. The summed E-state index contributed by atoms with van der Waals surface area (Å²) < 4.78 is 5.25. The average Bonchev–Trinajstić information content (AvgIpc) is 2.98. The zero-order valence-electron chi connectivity index (χ0n) is 13.5. The van der Waals surface area contributed by atoms with Crippen LogP contribution >= 0.6 is 0 Å². The summed E-state index contributed by atoms with van der Waals surface area (Å²) in [5, 5.41) is 3.57. The summed E-state index contributed by atoms with van der Waals surface area (Å²) >= 11 is 0. The van der Waals surface area contributed by atoms with E-state index >= 15 is 0 Å². The maximum Gasteiger partial charge on any atom is 0.239 e. The quantitative estimate of drug-likeness (QED) is 0.929. The van der Waals surface area contributed by atoms with E-state index in [0.717, 1.165) is 17.7 Å². The molecule has 1 aromatic carbocycles. The number of carbonyl (C=O) groups is 1. The minimum atomic E-state index is 0.00343. The molecule has 1 N–H and O–H groups in total. The summed E-state index contributed by atoms with van der Waals surface area (Å²) in [4.78, 5) is 14.5. The molecule has 4 nitrogen and oxygen atoms in total. The Morgan fingerprint density at radius 3 is 2.95 bits per heavy atom. The van der Waals surface area contributed by atoms with Gasteiger partial charge >= 0.3 is 0 Å². The lowest BCUT2D eigenvalue weighted by Crippen LogP contribution is -2.43. The molecule has 0 spiro atoms. The number of ether oxygens (including phenoxy) is 1. The van der Waals surface area contributed by atoms with E-state index in [4.69, 9.17) is 4.74 Å². The molecule has 1 amide bonds. The molecule has 1 saturated carbocycles. The van der Waals surface area contributed by atoms with E-state index in [9.17, 15) is 4.79 Å². The molecular formula is C18H26N2O2. The molecule has 0 radical (unpaired) electrons. The van der Waals surface area contributed by atoms with Crippen molar-refractivity contribution in [3.63, 3.8) is 0 Å². The van der Waals surface area contributed by atoms with E-state index in [-0.39, 0.29) is 11.9 Å². The number of nitrogens with one attached hydrogen (secondary N) is 1. The lowest BCUT2D eigenvalue weighted by molar-refractivity contribution is -0.132. The van der Waals surface area contributed by atoms with Crippen LogP contribution in [0.5, 0.6) is 5.75 Å². The first-order valence-corrected chi connectivity index (χ1v) is 8.31. The third-order valence-electron chi connectivity index (χ3n) is 5.09. The third-order valence-corrected chi connectivity index (χ3v) is 5.09. The molecule has 4 heteroatoms. The van der Waals surface area contributed by atoms with Gasteiger partial charge in [0, 0.05) is 19.6 Å². The smallest absolute Gasteiger partial charge is 0.239 e. The molecule has 3 unspecified atom stereocenters. The molecule has 3 rings (SSSR count). The maximum absolute atomic E-state index is 12.7. The predicted octanol–water partition coefficient (Wildman–Crippen LogP) is 2.57. The van der Waals surface area contributed by atoms with Crippen LogP contribution in [-0.4, -0.2) is 37.0 Å². The molecule has 1 aromatic rings. The summed E-state index contributed by atoms with van der Waals surface area (Å²) in [6, 6.07) is 8.49. The Hall–Kier alpha value is -1.55. The first kappa shape index (κ1) is 15.3. The number of amides is 1. The monoisotopic (exact) mass is 302 g/mol. The molecule has 1 heterocycles. The molecule has 0 aromatic heterocycles. The normalized spacial score (nSPS) is 27.3. The van der Waals surface area contributed by atoms with Crippen LogP contribution < -0.4 is 10.1 Å². The molecule has 0 bridgehead atoms. The van der Waals surface area contributed by atoms with Gasteiger partial charge in [0.05, 0.1) is 13.2 Å². The number of rotatable bonds is 4. The molecule has 1 aliphatic carbocycles. The van der Waals surface area contributed by atoms with E-state index in [1.54, 1.807) is 7.11 Å². The van der Waals surface area contributed by atoms with Gasteiger partial charge in [-0.05, 0) is 42.9 Å². The van der Waals surface area contributed by atoms with Crippen LogP contribution in [0.25, 0.3) is 0 Å². The highest BCUT2D eigenvalue weighted by Crippen LogP contribution is 2.33. The largest absolute Gasteiger partial charge is 0.497 e. The van der Waals surface area contributed by atoms with Crippen molar-refractivity contribution in [2.75, 3.05) is 14.2 Å². The van der Waals surface area contributed by atoms with Gasteiger partial charge in [-0.25, -0.2) is 0 Å². The van der Waals surface area contributed by atoms with Gasteiger partial charge in [-0.1, -0.05) is 25.0 Å². The van der Waals surface area contributed by atoms with Crippen molar-refractivity contribution in [3.8, 4) is 5.75 Å². The summed E-state index contributed by atoms with van der Waals surface area (Å²) in [6.07, 6.45) is 6.14. The number of hydrogen-bond acceptors (Lipinski definition) is 3. The Labute approximate surface area is 132 Å². The fourth-order valence-electron chi connectivity index (χ4n) is 3.90. The Bertz CT molecular complexity index is 518. The first-order chi connectivity index (χ1) is 10.7. The van der Waals surface area contributed by atoms with Crippen molar-refractivity contribution in [2.45, 2.75) is 50.7 Å². The Morgan fingerprint density at radius 1 is 1.36 bits per heavy atom. The van der Waals surface area contributed by atoms with Crippen LogP contribution in [0, 0.1) is 5.92 Å². The van der Waals surface area contributed by atoms with E-state index in [1.165, 1.54) is 25.7 Å². The van der Waals surface area contributed by atoms with Crippen molar-refractivity contribution in [1.82, 2.24) is 10.2 Å². The van der Waals surface area contributed by atoms with Crippen LogP contribution in [-0.2, 0) is 11.3 Å². The fourth-order valence-corrected chi connectivity index (χ4v) is 3.90. The topological polar surface area (TPSA) is 41.6 Å². The lowest BCUT2D eigenvalue weighted by Gasteiger charge is -2.24. The number of nitrogens with zero attached hydrogens (tertiary/aromatic N) is 1. The van der Waals surface area contributed by atoms with Gasteiger partial charge in [0.2, 0.25) is 5.91 Å². The van der Waals surface area contributed by atoms with Crippen LogP contribution in [0.4, 0.5) is 0 Å². The second-order valence-electron chi connectivity index (χ2n) is 6.65. The van der Waals surface area contributed by atoms with E-state index in [1.807, 2.05) is 36.2 Å². The molecule has 1 saturated heterocycles. The molecule has 1 aliphatic heterocycles. The van der Waals surface area contributed by atoms with Gasteiger partial charge in [-0.2, -0.15) is 0 Å². The van der Waals surface area contributed by atoms with Crippen molar-refractivity contribution in [2.24, 2.45) is 5.92 Å². The van der Waals surface area contributed by atoms with Crippen molar-refractivity contribution in [3.05, 3.63) is 29.8 Å². The molecule has 3 atom stereocenters. The van der Waals surface area contributed by atoms with Crippen molar-refractivity contribution >= 4 is 5.91 Å². The van der Waals surface area contributed by atoms with Crippen molar-refractivity contribution in [1.29, 1.82) is 0 Å². The van der Waals surface area contributed by atoms with Gasteiger partial charge in [-0.15, -0.1) is 0 Å². The summed E-state index contributed by atoms with van der Waals surface area (Å²) in [7, 11) is 3.56. The standard InChI is InChI=1S/C18H26N2O2/c1-20(12-13-6-5-8-15(10-13)22-2)18(21)17-11-14-7-3-4-9-16(14)19-17/h5-6,8,10,14,16-17,19H,3-4,7,9,11-12H2,1-2H3. The summed E-state index contributed by atoms with van der Waals surface area (Å²) in [6.45, 7) is 0.629. The molecule has 2 fully saturated rings. The van der Waals surface area contributed by atoms with Gasteiger partial charge in [0.25, 0.3) is 0 Å². The van der Waals surface area contributed by atoms with E-state index in [0.29, 0.717) is 18.5 Å². The van der Waals surface area contributed by atoms with Gasteiger partial charge in [0.1, 0.15) is 5.75 Å². The van der Waals surface area contributed by atoms with Gasteiger partial charge in [0.15, 0.2) is 0 Å². The van der Waals surface area contributed by atoms with Gasteiger partial charge in [-0.3, -0.25) is 4.79 Å². The van der Waals surface area contributed by atoms with Gasteiger partial charge < -0.3 is 15.0 Å². The SMILES string of the molecule is COc1cccc(CN(C)C(=O)C2CC3CCCCC3N2)c1. The number of carbonyl (C=O) groups excluding carboxylic acids is 1. The maximum atomic E-state index is 12.7. The first-order valence-electron chi connectivity index (χ1n) is 8.31. The lowest BCUT2D eigenvalue weighted by atomic mass is 9.85. The Morgan fingerprint density at radius 2 is 2.18 bits per heavy atom. The highest BCUT2D eigenvalue weighted by Gasteiger charge is 2.39. The van der Waals surface area contributed by atoms with Crippen LogP contribution in [0.3, 0.4) is 0 Å². The van der Waals surface area contributed by atoms with E-state index in [2.05, 4.69) is 5.32 Å². The van der Waals surface area contributed by atoms with E-state index < -0.39 is 0 Å². The fraction of sp³-hybridized carbons (Fsp3) is 0.611. The van der Waals surface area contributed by atoms with Crippen molar-refractivity contribution < 1.29 is 9.53 Å². The summed E-state index contributed by atoms with van der Waals surface area (Å²) in [5.41, 5.74) is 1.10. The number of fused-ring (bicyclic) bond motifs is 1. The highest BCUT2D eigenvalue weighted by atomic mass is 16.5. The second kappa shape index (κ2) is 6.69. The zero-order valence-corrected chi connectivity index (χ0v) is 13.5. The average molecular weight is 302 g/mol. The Kier molecular flexibility index (Phi) is 4.67. The second-order valence-corrected chi connectivity index (χ2v) is 6.65. The Balaban J connectivity index is 1.59. The number of methoxy groups -OCH3 is 1. The van der Waals surface area contributed by atoms with Crippen LogP contribution in [0.1, 0.15) is 37.7 Å². The third kappa shape index (κ3) is 3.27. The molecular weight excluding hydrogens is 276 g/mol. The van der Waals surface area contributed by atoms with Crippen LogP contribution in [0.15, 0.2) is 24.3 Å². The summed E-state index contributed by atoms with van der Waals surface area (Å²) in [5.74, 6) is 1.76. The zero-order chi connectivity index (χ0) is 15.5. The number of benzene rings is 1. The molecule has 120 valence electrons.